The Hall–Kier alpha value is -2.05. The van der Waals surface area contributed by atoms with Crippen molar-refractivity contribution in [3.8, 4) is 0 Å². The van der Waals surface area contributed by atoms with Crippen LogP contribution in [0.1, 0.15) is 70.3 Å². The summed E-state index contributed by atoms with van der Waals surface area (Å²) in [5.74, 6) is 0. The first-order chi connectivity index (χ1) is 14.5. The maximum atomic E-state index is 11.9. The summed E-state index contributed by atoms with van der Waals surface area (Å²) < 4.78 is 33.4. The Kier molecular flexibility index (Phi) is 8.16. The molecule has 30 heavy (non-hydrogen) atoms. The van der Waals surface area contributed by atoms with Crippen molar-refractivity contribution in [3.63, 3.8) is 0 Å². The van der Waals surface area contributed by atoms with E-state index in [-0.39, 0.29) is 11.1 Å². The molecule has 164 valence electrons. The molecule has 0 spiro atoms. The Bertz CT molecular complexity index is 900. The van der Waals surface area contributed by atoms with E-state index in [1.54, 1.807) is 6.07 Å². The van der Waals surface area contributed by atoms with Crippen molar-refractivity contribution in [1.82, 2.24) is 0 Å². The number of nitrogens with zero attached hydrogens (tertiary/aromatic N) is 1. The summed E-state index contributed by atoms with van der Waals surface area (Å²) >= 11 is 0. The monoisotopic (exact) mass is 430 g/mol. The number of para-hydroxylation sites is 1. The van der Waals surface area contributed by atoms with E-state index in [9.17, 15) is 13.0 Å². The molecule has 0 fully saturated rings. The lowest BCUT2D eigenvalue weighted by Gasteiger charge is -2.27. The Morgan fingerprint density at radius 3 is 2.23 bits per heavy atom. The Morgan fingerprint density at radius 2 is 1.57 bits per heavy atom. The highest BCUT2D eigenvalue weighted by atomic mass is 32.2. The van der Waals surface area contributed by atoms with Crippen molar-refractivity contribution in [1.29, 1.82) is 0 Å². The van der Waals surface area contributed by atoms with Gasteiger partial charge in [-0.1, -0.05) is 88.3 Å². The van der Waals surface area contributed by atoms with Gasteiger partial charge in [0.1, 0.15) is 4.90 Å². The molecule has 0 radical (unpaired) electrons. The standard InChI is InChI=1S/C24H34N2O3S/c1-2-3-4-5-6-7-8-12-18-23-25-24-21(16-13-17-22(24)30(27,28)29)26(23)19-20-14-10-9-11-15-20/h9-11,13-17,23,25H,2-8,12,18-19H2,1H3,(H,27,28,29). The fourth-order valence-electron chi connectivity index (χ4n) is 4.21. The topological polar surface area (TPSA) is 69.6 Å². The predicted molar refractivity (Wildman–Crippen MR) is 124 cm³/mol. The van der Waals surface area contributed by atoms with Crippen LogP contribution >= 0.6 is 0 Å². The van der Waals surface area contributed by atoms with Crippen molar-refractivity contribution in [2.24, 2.45) is 0 Å². The molecule has 3 rings (SSSR count). The fraction of sp³-hybridized carbons (Fsp3) is 0.500. The van der Waals surface area contributed by atoms with Crippen LogP contribution in [-0.2, 0) is 16.7 Å². The van der Waals surface area contributed by atoms with Crippen LogP contribution in [0.5, 0.6) is 0 Å². The second-order valence-electron chi connectivity index (χ2n) is 8.16. The van der Waals surface area contributed by atoms with Gasteiger partial charge in [-0.15, -0.1) is 0 Å². The number of unbranched alkanes of at least 4 members (excludes halogenated alkanes) is 7. The lowest BCUT2D eigenvalue weighted by Crippen LogP contribution is -2.35. The molecule has 1 aliphatic rings. The lowest BCUT2D eigenvalue weighted by molar-refractivity contribution is 0.483. The molecule has 0 bridgehead atoms. The van der Waals surface area contributed by atoms with Crippen LogP contribution in [0.4, 0.5) is 11.4 Å². The zero-order chi connectivity index (χ0) is 21.4. The first-order valence-electron chi connectivity index (χ1n) is 11.2. The van der Waals surface area contributed by atoms with Gasteiger partial charge in [0.05, 0.1) is 17.5 Å². The highest BCUT2D eigenvalue weighted by Crippen LogP contribution is 2.41. The van der Waals surface area contributed by atoms with Gasteiger partial charge in [-0.2, -0.15) is 8.42 Å². The number of rotatable bonds is 12. The largest absolute Gasteiger partial charge is 0.362 e. The molecule has 1 aliphatic heterocycles. The lowest BCUT2D eigenvalue weighted by atomic mass is 10.1. The van der Waals surface area contributed by atoms with Gasteiger partial charge in [-0.25, -0.2) is 0 Å². The third-order valence-electron chi connectivity index (χ3n) is 5.81. The molecular weight excluding hydrogens is 396 g/mol. The maximum absolute atomic E-state index is 11.9. The molecule has 1 unspecified atom stereocenters. The molecule has 1 heterocycles. The minimum Gasteiger partial charge on any atom is -0.362 e. The van der Waals surface area contributed by atoms with Crippen molar-refractivity contribution in [2.45, 2.75) is 82.3 Å². The Balaban J connectivity index is 1.67. The molecule has 1 atom stereocenters. The second-order valence-corrected chi connectivity index (χ2v) is 9.55. The molecule has 2 aromatic rings. The van der Waals surface area contributed by atoms with Crippen LogP contribution < -0.4 is 10.2 Å². The van der Waals surface area contributed by atoms with E-state index in [1.807, 2.05) is 24.3 Å². The Morgan fingerprint density at radius 1 is 0.900 bits per heavy atom. The van der Waals surface area contributed by atoms with Gasteiger partial charge in [0.2, 0.25) is 0 Å². The van der Waals surface area contributed by atoms with Crippen LogP contribution in [-0.4, -0.2) is 19.1 Å². The van der Waals surface area contributed by atoms with Crippen LogP contribution in [0, 0.1) is 0 Å². The molecule has 0 aromatic heterocycles. The van der Waals surface area contributed by atoms with Gasteiger partial charge in [0, 0.05) is 6.54 Å². The van der Waals surface area contributed by atoms with Gasteiger partial charge in [-0.05, 0) is 30.5 Å². The summed E-state index contributed by atoms with van der Waals surface area (Å²) in [6, 6.07) is 15.3. The van der Waals surface area contributed by atoms with E-state index < -0.39 is 10.1 Å². The molecular formula is C24H34N2O3S. The number of benzene rings is 2. The summed E-state index contributed by atoms with van der Waals surface area (Å²) in [6.45, 7) is 2.93. The van der Waals surface area contributed by atoms with E-state index in [1.165, 1.54) is 56.6 Å². The van der Waals surface area contributed by atoms with Gasteiger partial charge in [0.25, 0.3) is 10.1 Å². The summed E-state index contributed by atoms with van der Waals surface area (Å²) in [7, 11) is -4.28. The smallest absolute Gasteiger partial charge is 0.296 e. The molecule has 0 saturated carbocycles. The van der Waals surface area contributed by atoms with Crippen molar-refractivity contribution >= 4 is 21.5 Å². The zero-order valence-electron chi connectivity index (χ0n) is 17.9. The predicted octanol–water partition coefficient (Wildman–Crippen LogP) is 6.22. The van der Waals surface area contributed by atoms with Crippen LogP contribution in [0.25, 0.3) is 0 Å². The molecule has 0 saturated heterocycles. The van der Waals surface area contributed by atoms with Crippen molar-refractivity contribution < 1.29 is 13.0 Å². The minimum absolute atomic E-state index is 0.0168. The van der Waals surface area contributed by atoms with Gasteiger partial charge in [0.15, 0.2) is 0 Å². The molecule has 6 heteroatoms. The summed E-state index contributed by atoms with van der Waals surface area (Å²) in [6.07, 6.45) is 11.0. The highest BCUT2D eigenvalue weighted by Gasteiger charge is 2.32. The van der Waals surface area contributed by atoms with E-state index >= 15 is 0 Å². The number of nitrogens with one attached hydrogen (secondary N) is 1. The quantitative estimate of drug-likeness (QED) is 0.309. The minimum atomic E-state index is -4.28. The summed E-state index contributed by atoms with van der Waals surface area (Å²) in [5, 5.41) is 3.39. The van der Waals surface area contributed by atoms with Crippen LogP contribution in [0.15, 0.2) is 53.4 Å². The molecule has 2 N–H and O–H groups in total. The van der Waals surface area contributed by atoms with E-state index in [4.69, 9.17) is 0 Å². The van der Waals surface area contributed by atoms with Gasteiger partial charge < -0.3 is 10.2 Å². The molecule has 2 aromatic carbocycles. The first-order valence-corrected chi connectivity index (χ1v) is 12.6. The maximum Gasteiger partial charge on any atom is 0.296 e. The number of hydrogen-bond donors (Lipinski definition) is 2. The molecule has 0 amide bonds. The summed E-state index contributed by atoms with van der Waals surface area (Å²) in [5.41, 5.74) is 2.52. The van der Waals surface area contributed by atoms with Crippen molar-refractivity contribution in [2.75, 3.05) is 10.2 Å². The molecule has 0 aliphatic carbocycles. The van der Waals surface area contributed by atoms with E-state index in [2.05, 4.69) is 29.3 Å². The average molecular weight is 431 g/mol. The van der Waals surface area contributed by atoms with E-state index in [0.29, 0.717) is 12.2 Å². The number of fused-ring (bicyclic) bond motifs is 1. The van der Waals surface area contributed by atoms with Crippen LogP contribution in [0.2, 0.25) is 0 Å². The highest BCUT2D eigenvalue weighted by molar-refractivity contribution is 7.86. The zero-order valence-corrected chi connectivity index (χ0v) is 18.7. The third kappa shape index (κ3) is 5.99. The number of anilines is 2. The van der Waals surface area contributed by atoms with Crippen molar-refractivity contribution in [3.05, 3.63) is 54.1 Å². The average Bonchev–Trinajstić information content (AvgIpc) is 3.07. The fourth-order valence-corrected chi connectivity index (χ4v) is 4.88. The van der Waals surface area contributed by atoms with E-state index in [0.717, 1.165) is 18.5 Å². The van der Waals surface area contributed by atoms with Gasteiger partial charge in [-0.3, -0.25) is 4.55 Å². The SMILES string of the molecule is CCCCCCCCCCC1Nc2c(cccc2S(=O)(=O)O)N1Cc1ccccc1. The third-order valence-corrected chi connectivity index (χ3v) is 6.70. The Labute approximate surface area is 181 Å². The molecule has 5 nitrogen and oxygen atoms in total. The normalized spacial score (nSPS) is 15.8. The van der Waals surface area contributed by atoms with Crippen LogP contribution in [0.3, 0.4) is 0 Å². The second kappa shape index (κ2) is 10.8. The van der Waals surface area contributed by atoms with Gasteiger partial charge >= 0.3 is 0 Å². The first kappa shape index (κ1) is 22.6. The number of hydrogen-bond acceptors (Lipinski definition) is 4. The summed E-state index contributed by atoms with van der Waals surface area (Å²) in [4.78, 5) is 2.18.